The summed E-state index contributed by atoms with van der Waals surface area (Å²) in [5.41, 5.74) is 7.62. The predicted molar refractivity (Wildman–Crippen MR) is 112 cm³/mol. The fraction of sp³-hybridized carbons (Fsp3) is 0.364. The molecule has 0 aliphatic heterocycles. The van der Waals surface area contributed by atoms with Gasteiger partial charge >= 0.3 is 6.18 Å². The van der Waals surface area contributed by atoms with Gasteiger partial charge < -0.3 is 20.4 Å². The highest BCUT2D eigenvalue weighted by Gasteiger charge is 2.30. The predicted octanol–water partition coefficient (Wildman–Crippen LogP) is 3.72. The molecule has 31 heavy (non-hydrogen) atoms. The zero-order valence-corrected chi connectivity index (χ0v) is 17.2. The van der Waals surface area contributed by atoms with Crippen LogP contribution in [0.25, 0.3) is 22.2 Å². The van der Waals surface area contributed by atoms with Crippen molar-refractivity contribution >= 4 is 16.9 Å². The third-order valence-electron chi connectivity index (χ3n) is 4.87. The number of rotatable bonds is 10. The lowest BCUT2D eigenvalue weighted by Crippen LogP contribution is -2.23. The molecular formula is C22H25F3N4O2. The molecule has 6 nitrogen and oxygen atoms in total. The lowest BCUT2D eigenvalue weighted by Gasteiger charge is -2.11. The lowest BCUT2D eigenvalue weighted by molar-refractivity contribution is -0.137. The van der Waals surface area contributed by atoms with Gasteiger partial charge in [-0.25, -0.2) is 4.98 Å². The van der Waals surface area contributed by atoms with Gasteiger partial charge in [-0.1, -0.05) is 18.2 Å². The average molecular weight is 434 g/mol. The number of benzene rings is 2. The van der Waals surface area contributed by atoms with Crippen LogP contribution in [-0.2, 0) is 28.8 Å². The minimum atomic E-state index is -4.36. The van der Waals surface area contributed by atoms with Gasteiger partial charge in [-0.15, -0.1) is 0 Å². The van der Waals surface area contributed by atoms with Crippen molar-refractivity contribution in [3.8, 4) is 11.1 Å². The van der Waals surface area contributed by atoms with Gasteiger partial charge in [0.05, 0.1) is 29.7 Å². The van der Waals surface area contributed by atoms with Crippen LogP contribution in [0.1, 0.15) is 24.7 Å². The van der Waals surface area contributed by atoms with E-state index >= 15 is 0 Å². The molecule has 1 aromatic heterocycles. The molecule has 9 heteroatoms. The molecule has 3 rings (SSSR count). The maximum Gasteiger partial charge on any atom is 0.416 e. The molecular weight excluding hydrogens is 409 g/mol. The van der Waals surface area contributed by atoms with Crippen LogP contribution >= 0.6 is 0 Å². The van der Waals surface area contributed by atoms with Crippen LogP contribution in [0.15, 0.2) is 42.5 Å². The van der Waals surface area contributed by atoms with E-state index in [1.54, 1.807) is 0 Å². The number of ether oxygens (including phenoxy) is 1. The number of halogens is 3. The van der Waals surface area contributed by atoms with E-state index in [-0.39, 0.29) is 12.3 Å². The minimum Gasteiger partial charge on any atom is -0.380 e. The van der Waals surface area contributed by atoms with E-state index in [0.717, 1.165) is 34.6 Å². The van der Waals surface area contributed by atoms with Crippen LogP contribution in [0.3, 0.4) is 0 Å². The molecule has 3 aromatic rings. The molecule has 0 spiro atoms. The normalized spacial score (nSPS) is 11.9. The largest absolute Gasteiger partial charge is 0.416 e. The van der Waals surface area contributed by atoms with Crippen LogP contribution in [0, 0.1) is 0 Å². The second-order valence-corrected chi connectivity index (χ2v) is 7.05. The molecule has 0 aliphatic rings. The second-order valence-electron chi connectivity index (χ2n) is 7.05. The Labute approximate surface area is 178 Å². The van der Waals surface area contributed by atoms with Crippen molar-refractivity contribution in [1.29, 1.82) is 0 Å². The summed E-state index contributed by atoms with van der Waals surface area (Å²) in [6.45, 7) is 4.48. The first-order valence-corrected chi connectivity index (χ1v) is 10.0. The second kappa shape index (κ2) is 9.93. The van der Waals surface area contributed by atoms with Gasteiger partial charge in [0.15, 0.2) is 0 Å². The van der Waals surface area contributed by atoms with Crippen molar-refractivity contribution in [3.63, 3.8) is 0 Å². The third-order valence-corrected chi connectivity index (χ3v) is 4.87. The Balaban J connectivity index is 1.90. The molecule has 0 unspecified atom stereocenters. The monoisotopic (exact) mass is 434 g/mol. The first kappa shape index (κ1) is 22.8. The molecule has 0 aliphatic carbocycles. The van der Waals surface area contributed by atoms with Gasteiger partial charge in [0, 0.05) is 26.1 Å². The average Bonchev–Trinajstić information content (AvgIpc) is 3.07. The third kappa shape index (κ3) is 5.83. The van der Waals surface area contributed by atoms with Crippen LogP contribution in [0.5, 0.6) is 0 Å². The van der Waals surface area contributed by atoms with Crippen molar-refractivity contribution < 1.29 is 22.7 Å². The van der Waals surface area contributed by atoms with Crippen molar-refractivity contribution in [3.05, 3.63) is 53.9 Å². The van der Waals surface area contributed by atoms with Crippen LogP contribution in [0.2, 0.25) is 0 Å². The van der Waals surface area contributed by atoms with E-state index < -0.39 is 11.7 Å². The molecule has 166 valence electrons. The maximum atomic E-state index is 12.9. The lowest BCUT2D eigenvalue weighted by atomic mass is 10.0. The van der Waals surface area contributed by atoms with Crippen LogP contribution in [-0.4, -0.2) is 35.2 Å². The van der Waals surface area contributed by atoms with E-state index in [2.05, 4.69) is 10.3 Å². The summed E-state index contributed by atoms with van der Waals surface area (Å²) in [7, 11) is 0. The standard InChI is InChI=1S/C22H25F3N4O2/c1-2-31-12-11-29-19-13-16(15-3-6-17(7-4-15)22(23,24)25)5-8-18(19)28-21(29)14-27-10-9-20(26)30/h3-8,13,27H,2,9-12,14H2,1H3,(H2,26,30). The Bertz CT molecular complexity index is 1030. The van der Waals surface area contributed by atoms with Gasteiger partial charge in [0.2, 0.25) is 5.91 Å². The zero-order valence-electron chi connectivity index (χ0n) is 17.2. The summed E-state index contributed by atoms with van der Waals surface area (Å²) in [6.07, 6.45) is -4.13. The molecule has 0 bridgehead atoms. The first-order chi connectivity index (χ1) is 14.8. The van der Waals surface area contributed by atoms with Gasteiger partial charge in [0.25, 0.3) is 0 Å². The van der Waals surface area contributed by atoms with Crippen LogP contribution in [0.4, 0.5) is 13.2 Å². The Hall–Kier alpha value is -2.91. The van der Waals surface area contributed by atoms with E-state index in [1.165, 1.54) is 12.1 Å². The number of fused-ring (bicyclic) bond motifs is 1. The topological polar surface area (TPSA) is 82.2 Å². The number of nitrogens with one attached hydrogen (secondary N) is 1. The highest BCUT2D eigenvalue weighted by molar-refractivity contribution is 5.82. The fourth-order valence-electron chi connectivity index (χ4n) is 3.30. The minimum absolute atomic E-state index is 0.233. The van der Waals surface area contributed by atoms with Gasteiger partial charge in [-0.2, -0.15) is 13.2 Å². The molecule has 0 saturated heterocycles. The summed E-state index contributed by atoms with van der Waals surface area (Å²) in [4.78, 5) is 15.6. The smallest absolute Gasteiger partial charge is 0.380 e. The number of aromatic nitrogens is 2. The van der Waals surface area contributed by atoms with E-state index in [1.807, 2.05) is 29.7 Å². The molecule has 0 saturated carbocycles. The van der Waals surface area contributed by atoms with Crippen molar-refractivity contribution in [2.24, 2.45) is 5.73 Å². The summed E-state index contributed by atoms with van der Waals surface area (Å²) >= 11 is 0. The summed E-state index contributed by atoms with van der Waals surface area (Å²) in [5, 5.41) is 3.16. The Morgan fingerprint density at radius 1 is 1.16 bits per heavy atom. The molecule has 0 atom stereocenters. The van der Waals surface area contributed by atoms with E-state index in [4.69, 9.17) is 10.5 Å². The number of primary amides is 1. The number of hydrogen-bond acceptors (Lipinski definition) is 4. The Kier molecular flexibility index (Phi) is 7.29. The number of carbonyl (C=O) groups is 1. The Morgan fingerprint density at radius 3 is 2.52 bits per heavy atom. The highest BCUT2D eigenvalue weighted by atomic mass is 19.4. The quantitative estimate of drug-likeness (QED) is 0.477. The first-order valence-electron chi connectivity index (χ1n) is 10.0. The number of amides is 1. The summed E-state index contributed by atoms with van der Waals surface area (Å²) < 4.78 is 46.1. The van der Waals surface area contributed by atoms with Crippen LogP contribution < -0.4 is 11.1 Å². The number of carbonyl (C=O) groups excluding carboxylic acids is 1. The molecule has 1 heterocycles. The molecule has 0 radical (unpaired) electrons. The van der Waals surface area contributed by atoms with E-state index in [0.29, 0.717) is 38.4 Å². The summed E-state index contributed by atoms with van der Waals surface area (Å²) in [6, 6.07) is 10.7. The number of nitrogens with two attached hydrogens (primary N) is 1. The number of hydrogen-bond donors (Lipinski definition) is 2. The van der Waals surface area contributed by atoms with Crippen molar-refractivity contribution in [2.75, 3.05) is 19.8 Å². The van der Waals surface area contributed by atoms with Gasteiger partial charge in [-0.05, 0) is 42.3 Å². The van der Waals surface area contributed by atoms with Crippen molar-refractivity contribution in [2.45, 2.75) is 32.6 Å². The van der Waals surface area contributed by atoms with Gasteiger partial charge in [-0.3, -0.25) is 4.79 Å². The fourth-order valence-corrected chi connectivity index (χ4v) is 3.30. The maximum absolute atomic E-state index is 12.9. The van der Waals surface area contributed by atoms with Gasteiger partial charge in [0.1, 0.15) is 5.82 Å². The number of alkyl halides is 3. The number of imidazole rings is 1. The molecule has 1 amide bonds. The SMILES string of the molecule is CCOCCn1c(CNCCC(N)=O)nc2ccc(-c3ccc(C(F)(F)F)cc3)cc21. The molecule has 2 aromatic carbocycles. The molecule has 3 N–H and O–H groups in total. The Morgan fingerprint density at radius 2 is 1.87 bits per heavy atom. The zero-order chi connectivity index (χ0) is 22.4. The molecule has 0 fully saturated rings. The summed E-state index contributed by atoms with van der Waals surface area (Å²) in [5.74, 6) is 0.405. The van der Waals surface area contributed by atoms with Crippen molar-refractivity contribution in [1.82, 2.24) is 14.9 Å². The number of nitrogens with zero attached hydrogens (tertiary/aromatic N) is 2. The van der Waals surface area contributed by atoms with E-state index in [9.17, 15) is 18.0 Å². The highest BCUT2D eigenvalue weighted by Crippen LogP contribution is 2.32.